The number of unbranched alkanes of at least 4 members (excludes halogenated alkanes) is 8. The van der Waals surface area contributed by atoms with E-state index in [1.165, 1.54) is 62.5 Å². The zero-order valence-electron chi connectivity index (χ0n) is 69.6. The molecule has 4 saturated carbocycles. The number of alkyl carbamates (subject to hydrolysis) is 1. The molecule has 3 saturated heterocycles. The zero-order valence-corrected chi connectivity index (χ0v) is 72.2. The predicted molar refractivity (Wildman–Crippen MR) is 432 cm³/mol. The number of allylic oxidation sites excluding steroid dienone is 1. The number of nitrogens with zero attached hydrogens (tertiary/aromatic N) is 2. The van der Waals surface area contributed by atoms with Gasteiger partial charge in [-0.2, -0.15) is 0 Å². The molecule has 25 atom stereocenters. The van der Waals surface area contributed by atoms with Gasteiger partial charge in [0, 0.05) is 114 Å². The van der Waals surface area contributed by atoms with Crippen LogP contribution < -0.4 is 16.0 Å². The Kier molecular flexibility index (Phi) is 39.8. The molecule has 7 fully saturated rings. The highest BCUT2D eigenvalue weighted by molar-refractivity contribution is 8.07. The summed E-state index contributed by atoms with van der Waals surface area (Å²) < 4.78 is 59.1. The number of carbonyl (C=O) groups excluding carboxylic acids is 6. The number of β-amino-alcohol motifs (C(OH)–C–C–N with tert-alkyl or cyclic N) is 1. The number of hydrogen-bond donors (Lipinski definition) is 11. The van der Waals surface area contributed by atoms with E-state index < -0.39 is 107 Å². The molecule has 114 heavy (non-hydrogen) atoms. The number of hydrogen-bond acceptors (Lipinski definition) is 23. The molecule has 28 nitrogen and oxygen atoms in total. The molecule has 11 N–H and O–H groups in total. The summed E-state index contributed by atoms with van der Waals surface area (Å²) in [5, 5.41) is 80.0. The molecule has 0 aromatic heterocycles. The molecule has 0 bridgehead atoms. The lowest BCUT2D eigenvalue weighted by Crippen LogP contribution is -2.55. The lowest BCUT2D eigenvalue weighted by molar-refractivity contribution is -0.282. The van der Waals surface area contributed by atoms with Crippen LogP contribution in [-0.4, -0.2) is 238 Å². The first-order chi connectivity index (χ1) is 54.4. The van der Waals surface area contributed by atoms with Gasteiger partial charge in [-0.1, -0.05) is 98.6 Å². The smallest absolute Gasteiger partial charge is 0.446 e. The third-order valence-corrected chi connectivity index (χ3v) is 29.7. The maximum absolute atomic E-state index is 13.9. The Morgan fingerprint density at radius 1 is 0.667 bits per heavy atom. The number of likely N-dealkylation sites (tertiary alicyclic amines) is 2. The molecule has 0 spiro atoms. The van der Waals surface area contributed by atoms with Crippen molar-refractivity contribution in [3.05, 3.63) is 11.6 Å². The Morgan fingerprint density at radius 2 is 1.32 bits per heavy atom. The number of nitrogens with one attached hydrogen (secondary N) is 3. The third-order valence-electron chi connectivity index (χ3n) is 27.2. The van der Waals surface area contributed by atoms with Gasteiger partial charge in [0.25, 0.3) is 0 Å². The fourth-order valence-corrected chi connectivity index (χ4v) is 21.7. The second-order valence-electron chi connectivity index (χ2n) is 35.6. The summed E-state index contributed by atoms with van der Waals surface area (Å²) in [4.78, 5) is 94.2. The van der Waals surface area contributed by atoms with E-state index in [1.54, 1.807) is 18.7 Å². The number of aliphatic hydroxyl groups is 7. The van der Waals surface area contributed by atoms with Crippen molar-refractivity contribution in [2.75, 3.05) is 72.9 Å². The Bertz CT molecular complexity index is 3110. The van der Waals surface area contributed by atoms with Crippen LogP contribution in [-0.2, 0) is 77.4 Å². The van der Waals surface area contributed by atoms with Gasteiger partial charge in [-0.25, -0.2) is 4.79 Å². The Labute approximate surface area is 684 Å². The molecule has 31 heteroatoms. The largest absolute Gasteiger partial charge is 0.697 e. The number of Topliss-reactive ketones (excluding diaryl/α,β-unsaturated/α-hetero) is 1. The Hall–Kier alpha value is -3.29. The molecule has 8 rings (SSSR count). The van der Waals surface area contributed by atoms with E-state index in [2.05, 4.69) is 56.6 Å². The maximum atomic E-state index is 13.9. The van der Waals surface area contributed by atoms with Crippen LogP contribution in [0.5, 0.6) is 0 Å². The van der Waals surface area contributed by atoms with Gasteiger partial charge < -0.3 is 94.4 Å². The molecule has 16 unspecified atom stereocenters. The van der Waals surface area contributed by atoms with Crippen LogP contribution in [0.25, 0.3) is 0 Å². The lowest BCUT2D eigenvalue weighted by Gasteiger charge is -2.58. The van der Waals surface area contributed by atoms with Gasteiger partial charge in [0.05, 0.1) is 68.4 Å². The van der Waals surface area contributed by atoms with Crippen molar-refractivity contribution in [1.29, 1.82) is 0 Å². The second kappa shape index (κ2) is 47.2. The second-order valence-corrected chi connectivity index (χ2v) is 39.5. The average molecular weight is 1670 g/mol. The summed E-state index contributed by atoms with van der Waals surface area (Å²) in [5.41, 5.74) is 2.08. The summed E-state index contributed by atoms with van der Waals surface area (Å²) in [7, 11) is -1.52. The molecule has 654 valence electrons. The summed E-state index contributed by atoms with van der Waals surface area (Å²) in [6.45, 7) is 12.6. The van der Waals surface area contributed by atoms with Crippen LogP contribution in [0, 0.1) is 64.1 Å². The van der Waals surface area contributed by atoms with Gasteiger partial charge in [-0.15, -0.1) is 9.05 Å². The van der Waals surface area contributed by atoms with Gasteiger partial charge in [0.1, 0.15) is 31.0 Å². The van der Waals surface area contributed by atoms with Crippen molar-refractivity contribution in [2.24, 2.45) is 64.1 Å². The van der Waals surface area contributed by atoms with Gasteiger partial charge in [0.15, 0.2) is 12.1 Å². The monoisotopic (exact) mass is 1670 g/mol. The SMILES string of the molecule is COP(O)(=S)OC[C@@H]1C[C@@H](O[P+](=O)OCC2C[C@@H](O)CN2C(=O)CCCCCCC(=O)[C@H](CCCCNC(=O)CCCCOC2OC(CO)C(O)C(O)C2C)NC(=O)CCCCOC2CC(CO)C(O)C(O)C2C)CN1C(=O)CCCCCNC(=O)O[C@H]1CC[C@@]2(C)C(=CCC3C2CC[C@@]2(C)C3CC[C@@H]2[C@H](C)CCCC(C)C)C1. The van der Waals surface area contributed by atoms with E-state index in [0.717, 1.165) is 55.3 Å². The standard InChI is InChI=1S/C83H143N5O23P2S/c1-53(2)23-22-24-54(3)65-33-34-66-64-32-31-58-44-62(35-37-82(58,6)67(64)36-38-83(65,66)7)109-81(101)85-40-18-11-14-30-75(96)88-48-63(46-60(88)52-108-113(103,114)104-8)111-112(102)107-51-59-45-61(91)47-87(59)74(95)29-13-10-9-12-26-69(92)68(86-73(94)28-17-20-41-105-70-43-57(49-89)78(99)76(97)55(70)4)25-15-19-39-84-72(93)27-16-21-42-106-80-56(5)77(98)79(100)71(50-90)110-80/h31,53-57,59-68,70-71,76-80,89-91,97-100H,9-30,32-52H2,1-8H3,(H3-,84,85,86,93,94,101,103,114)/p+1/t54-,55?,56?,57?,59?,60+,61-,62+,63-,64?,65-,66?,67?,68+,70?,71?,76?,77?,78?,79?,80?,82+,83-,113?/m1/s1. The highest BCUT2D eigenvalue weighted by Crippen LogP contribution is 2.67. The Balaban J connectivity index is 0.708. The van der Waals surface area contributed by atoms with Crippen molar-refractivity contribution in [2.45, 2.75) is 340 Å². The molecule has 8 aliphatic rings. The molecular weight excluding hydrogens is 1530 g/mol. The summed E-state index contributed by atoms with van der Waals surface area (Å²) in [6, 6.07) is -1.94. The molecule has 0 aromatic carbocycles. The van der Waals surface area contributed by atoms with E-state index in [1.807, 2.05) is 0 Å². The molecule has 3 aliphatic heterocycles. The van der Waals surface area contributed by atoms with Gasteiger partial charge in [-0.05, 0) is 187 Å². The van der Waals surface area contributed by atoms with E-state index >= 15 is 0 Å². The predicted octanol–water partition coefficient (Wildman–Crippen LogP) is 10.1. The van der Waals surface area contributed by atoms with Crippen molar-refractivity contribution in [1.82, 2.24) is 25.8 Å². The Morgan fingerprint density at radius 3 is 2.02 bits per heavy atom. The van der Waals surface area contributed by atoms with Crippen LogP contribution in [0.1, 0.15) is 260 Å². The number of aliphatic hydroxyl groups excluding tert-OH is 7. The van der Waals surface area contributed by atoms with Crippen LogP contribution in [0.15, 0.2) is 11.6 Å². The molecule has 0 aromatic rings. The maximum Gasteiger partial charge on any atom is 0.697 e. The van der Waals surface area contributed by atoms with Crippen molar-refractivity contribution < 1.29 is 111 Å². The van der Waals surface area contributed by atoms with Crippen LogP contribution in [0.3, 0.4) is 0 Å². The third kappa shape index (κ3) is 27.9. The molecule has 0 radical (unpaired) electrons. The minimum absolute atomic E-state index is 0.0637. The normalized spacial score (nSPS) is 33.3. The van der Waals surface area contributed by atoms with Crippen LogP contribution in [0.2, 0.25) is 0 Å². The average Bonchev–Trinajstić information content (AvgIpc) is 1.47. The summed E-state index contributed by atoms with van der Waals surface area (Å²) in [6.07, 6.45) is 16.3. The topological polar surface area (TPSA) is 398 Å². The summed E-state index contributed by atoms with van der Waals surface area (Å²) in [5.74, 6) is 2.22. The zero-order chi connectivity index (χ0) is 82.9. The highest BCUT2D eigenvalue weighted by Gasteiger charge is 2.60. The number of carbonyl (C=O) groups is 6. The molecule has 3 heterocycles. The number of ketones is 1. The number of ether oxygens (including phenoxy) is 4. The van der Waals surface area contributed by atoms with E-state index in [0.29, 0.717) is 127 Å². The van der Waals surface area contributed by atoms with Crippen LogP contribution in [0.4, 0.5) is 4.79 Å². The number of fused-ring (bicyclic) bond motifs is 5. The van der Waals surface area contributed by atoms with E-state index in [9.17, 15) is 74.0 Å². The summed E-state index contributed by atoms with van der Waals surface area (Å²) >= 11 is 5.09. The fourth-order valence-electron chi connectivity index (χ4n) is 20.3. The number of rotatable bonds is 49. The molecule has 5 aliphatic carbocycles. The number of amides is 5. The molecule has 5 amide bonds. The van der Waals surface area contributed by atoms with Crippen LogP contribution >= 0.6 is 15.0 Å². The van der Waals surface area contributed by atoms with Gasteiger partial charge in [-0.3, -0.25) is 24.0 Å². The van der Waals surface area contributed by atoms with Crippen molar-refractivity contribution in [3.63, 3.8) is 0 Å². The highest BCUT2D eigenvalue weighted by atomic mass is 32.5. The first-order valence-corrected chi connectivity index (χ1v) is 47.2. The van der Waals surface area contributed by atoms with Crippen molar-refractivity contribution >= 4 is 62.3 Å². The first kappa shape index (κ1) is 96.2. The molecular formula is C83H144N5O23P2S+. The fraction of sp³-hybridized carbons (Fsp3) is 0.904. The van der Waals surface area contributed by atoms with E-state index in [4.69, 9.17) is 48.8 Å². The quantitative estimate of drug-likeness (QED) is 0.0153. The van der Waals surface area contributed by atoms with E-state index in [-0.39, 0.29) is 137 Å². The minimum atomic E-state index is -3.59. The lowest BCUT2D eigenvalue weighted by atomic mass is 9.47. The van der Waals surface area contributed by atoms with Gasteiger partial charge >= 0.3 is 21.1 Å². The van der Waals surface area contributed by atoms with Crippen molar-refractivity contribution in [3.8, 4) is 0 Å². The van der Waals surface area contributed by atoms with Gasteiger partial charge in [0.2, 0.25) is 23.6 Å². The minimum Gasteiger partial charge on any atom is -0.446 e. The first-order valence-electron chi connectivity index (χ1n) is 43.5.